The fraction of sp³-hybridized carbons (Fsp3) is 0.955. The van der Waals surface area contributed by atoms with Gasteiger partial charge >= 0.3 is 5.97 Å². The minimum absolute atomic E-state index is 0.0454. The first-order valence-corrected chi connectivity index (χ1v) is 11.3. The van der Waals surface area contributed by atoms with E-state index in [1.54, 1.807) is 7.11 Å². The third-order valence-electron chi connectivity index (χ3n) is 8.53. The molecule has 0 aromatic heterocycles. The Hall–Kier alpha value is -0.730. The van der Waals surface area contributed by atoms with Crippen LogP contribution in [0, 0.1) is 17.3 Å². The van der Waals surface area contributed by atoms with Gasteiger partial charge in [-0.25, -0.2) is 0 Å². The lowest BCUT2D eigenvalue weighted by atomic mass is 9.49. The van der Waals surface area contributed by atoms with E-state index in [4.69, 9.17) is 14.2 Å². The molecule has 0 unspecified atom stereocenters. The number of nitrogens with zero attached hydrogens (tertiary/aromatic N) is 1. The number of carbonyl (C=O) groups is 1. The molecule has 4 fully saturated rings. The maximum Gasteiger partial charge on any atom is 0.310 e. The summed E-state index contributed by atoms with van der Waals surface area (Å²) in [5, 5.41) is 15.4. The van der Waals surface area contributed by atoms with Gasteiger partial charge in [0.1, 0.15) is 6.10 Å². The molecule has 2 N–H and O–H groups in total. The molecule has 166 valence electrons. The second-order valence-electron chi connectivity index (χ2n) is 10.0. The Morgan fingerprint density at radius 2 is 2.00 bits per heavy atom. The highest BCUT2D eigenvalue weighted by Crippen LogP contribution is 2.61. The third kappa shape index (κ3) is 3.63. The second kappa shape index (κ2) is 8.08. The second-order valence-corrected chi connectivity index (χ2v) is 10.0. The molecule has 2 aliphatic carbocycles. The zero-order valence-electron chi connectivity index (χ0n) is 18.2. The van der Waals surface area contributed by atoms with Crippen LogP contribution >= 0.6 is 0 Å². The summed E-state index contributed by atoms with van der Waals surface area (Å²) in [4.78, 5) is 15.1. The van der Waals surface area contributed by atoms with E-state index >= 15 is 0 Å². The third-order valence-corrected chi connectivity index (χ3v) is 8.53. The standard InChI is InChI=1S/C22H38N2O5/c1-20-5-4-6-21(2,27-3)22(20,26)13-16-17(19(25)29-18(16)14-20)15-23-7-8-24-9-11-28-12-10-24/h16-18,23,26H,4-15H2,1-3H3/t16-,17-,18-,20-,21-,22+/m1/s1. The van der Waals surface area contributed by atoms with E-state index in [1.807, 2.05) is 6.92 Å². The fourth-order valence-corrected chi connectivity index (χ4v) is 6.44. The number of carbonyl (C=O) groups excluding carboxylic acids is 1. The predicted octanol–water partition coefficient (Wildman–Crippen LogP) is 1.19. The molecule has 0 amide bonds. The molecule has 4 aliphatic rings. The van der Waals surface area contributed by atoms with Crippen molar-refractivity contribution in [2.45, 2.75) is 63.3 Å². The minimum atomic E-state index is -0.936. The smallest absolute Gasteiger partial charge is 0.310 e. The van der Waals surface area contributed by atoms with Gasteiger partial charge in [0, 0.05) is 51.2 Å². The number of methoxy groups -OCH3 is 1. The quantitative estimate of drug-likeness (QED) is 0.503. The highest BCUT2D eigenvalue weighted by Gasteiger charge is 2.67. The number of hydrogen-bond donors (Lipinski definition) is 2. The largest absolute Gasteiger partial charge is 0.462 e. The normalized spacial score (nSPS) is 45.5. The van der Waals surface area contributed by atoms with Crippen molar-refractivity contribution in [2.75, 3.05) is 53.0 Å². The van der Waals surface area contributed by atoms with Crippen LogP contribution in [0.3, 0.4) is 0 Å². The first-order valence-electron chi connectivity index (χ1n) is 11.3. The summed E-state index contributed by atoms with van der Waals surface area (Å²) in [6, 6.07) is 0. The van der Waals surface area contributed by atoms with E-state index in [9.17, 15) is 9.90 Å². The first-order chi connectivity index (χ1) is 13.8. The number of fused-ring (bicyclic) bond motifs is 2. The van der Waals surface area contributed by atoms with Crippen molar-refractivity contribution in [2.24, 2.45) is 17.3 Å². The monoisotopic (exact) mass is 410 g/mol. The molecular weight excluding hydrogens is 372 g/mol. The number of morpholine rings is 1. The molecular formula is C22H38N2O5. The Morgan fingerprint density at radius 1 is 1.24 bits per heavy atom. The molecule has 0 spiro atoms. The van der Waals surface area contributed by atoms with Crippen molar-refractivity contribution < 1.29 is 24.1 Å². The summed E-state index contributed by atoms with van der Waals surface area (Å²) in [5.41, 5.74) is -1.80. The summed E-state index contributed by atoms with van der Waals surface area (Å²) in [5.74, 6) is -0.255. The van der Waals surface area contributed by atoms with Crippen molar-refractivity contribution in [3.05, 3.63) is 0 Å². The summed E-state index contributed by atoms with van der Waals surface area (Å²) >= 11 is 0. The molecule has 0 bridgehead atoms. The summed E-state index contributed by atoms with van der Waals surface area (Å²) < 4.78 is 17.1. The summed E-state index contributed by atoms with van der Waals surface area (Å²) in [7, 11) is 1.71. The van der Waals surface area contributed by atoms with E-state index in [-0.39, 0.29) is 29.3 Å². The van der Waals surface area contributed by atoms with Crippen LogP contribution in [-0.4, -0.2) is 86.3 Å². The Kier molecular flexibility index (Phi) is 5.99. The van der Waals surface area contributed by atoms with Gasteiger partial charge in [0.15, 0.2) is 0 Å². The van der Waals surface area contributed by atoms with Gasteiger partial charge in [-0.3, -0.25) is 9.69 Å². The zero-order valence-corrected chi connectivity index (χ0v) is 18.2. The maximum absolute atomic E-state index is 12.7. The van der Waals surface area contributed by atoms with Crippen LogP contribution in [0.15, 0.2) is 0 Å². The van der Waals surface area contributed by atoms with Gasteiger partial charge in [0.2, 0.25) is 0 Å². The van der Waals surface area contributed by atoms with Gasteiger partial charge in [0.05, 0.1) is 30.3 Å². The summed E-state index contributed by atoms with van der Waals surface area (Å²) in [6.07, 6.45) is 4.04. The van der Waals surface area contributed by atoms with Crippen molar-refractivity contribution in [1.82, 2.24) is 10.2 Å². The Morgan fingerprint density at radius 3 is 2.72 bits per heavy atom. The maximum atomic E-state index is 12.7. The molecule has 2 saturated carbocycles. The Balaban J connectivity index is 1.40. The van der Waals surface area contributed by atoms with Gasteiger partial charge in [-0.05, 0) is 39.0 Å². The van der Waals surface area contributed by atoms with Crippen molar-refractivity contribution in [1.29, 1.82) is 0 Å². The molecule has 6 atom stereocenters. The summed E-state index contributed by atoms with van der Waals surface area (Å²) in [6.45, 7) is 10.2. The zero-order chi connectivity index (χ0) is 20.7. The molecule has 0 aromatic rings. The van der Waals surface area contributed by atoms with Crippen molar-refractivity contribution in [3.8, 4) is 0 Å². The Bertz CT molecular complexity index is 612. The van der Waals surface area contributed by atoms with E-state index in [0.717, 1.165) is 65.1 Å². The van der Waals surface area contributed by atoms with Gasteiger partial charge in [-0.1, -0.05) is 6.92 Å². The molecule has 2 heterocycles. The SMILES string of the molecule is CO[C@]1(C)CCC[C@]2(C)C[C@H]3OC(=O)[C@H](CNCCN4CCOCC4)[C@H]3C[C@]21O. The van der Waals surface area contributed by atoms with Crippen LogP contribution in [0.4, 0.5) is 0 Å². The molecule has 7 nitrogen and oxygen atoms in total. The number of ether oxygens (including phenoxy) is 3. The number of nitrogens with one attached hydrogen (secondary N) is 1. The highest BCUT2D eigenvalue weighted by atomic mass is 16.6. The lowest BCUT2D eigenvalue weighted by Gasteiger charge is -2.62. The number of esters is 1. The molecule has 7 heteroatoms. The van der Waals surface area contributed by atoms with Crippen LogP contribution in [0.2, 0.25) is 0 Å². The van der Waals surface area contributed by atoms with Crippen LogP contribution in [0.5, 0.6) is 0 Å². The lowest BCUT2D eigenvalue weighted by Crippen LogP contribution is -2.69. The molecule has 2 aliphatic heterocycles. The molecule has 29 heavy (non-hydrogen) atoms. The average molecular weight is 411 g/mol. The van der Waals surface area contributed by atoms with Crippen molar-refractivity contribution >= 4 is 5.97 Å². The Labute approximate surface area is 174 Å². The minimum Gasteiger partial charge on any atom is -0.462 e. The van der Waals surface area contributed by atoms with Crippen molar-refractivity contribution in [3.63, 3.8) is 0 Å². The molecule has 4 rings (SSSR count). The van der Waals surface area contributed by atoms with Gasteiger partial charge in [-0.2, -0.15) is 0 Å². The topological polar surface area (TPSA) is 80.3 Å². The highest BCUT2D eigenvalue weighted by molar-refractivity contribution is 5.75. The lowest BCUT2D eigenvalue weighted by molar-refractivity contribution is -0.270. The average Bonchev–Trinajstić information content (AvgIpc) is 2.99. The van der Waals surface area contributed by atoms with E-state index < -0.39 is 11.2 Å². The van der Waals surface area contributed by atoms with Gasteiger partial charge < -0.3 is 24.6 Å². The van der Waals surface area contributed by atoms with E-state index in [0.29, 0.717) is 13.0 Å². The van der Waals surface area contributed by atoms with E-state index in [2.05, 4.69) is 17.1 Å². The van der Waals surface area contributed by atoms with E-state index in [1.165, 1.54) is 0 Å². The molecule has 2 saturated heterocycles. The molecule has 0 aromatic carbocycles. The predicted molar refractivity (Wildman–Crippen MR) is 109 cm³/mol. The van der Waals surface area contributed by atoms with Crippen LogP contribution < -0.4 is 5.32 Å². The molecule has 0 radical (unpaired) electrons. The van der Waals surface area contributed by atoms with Gasteiger partial charge in [-0.15, -0.1) is 0 Å². The number of aliphatic hydroxyl groups is 1. The van der Waals surface area contributed by atoms with Crippen LogP contribution in [0.25, 0.3) is 0 Å². The number of hydrogen-bond acceptors (Lipinski definition) is 7. The van der Waals surface area contributed by atoms with Crippen LogP contribution in [0.1, 0.15) is 46.0 Å². The van der Waals surface area contributed by atoms with Gasteiger partial charge in [0.25, 0.3) is 0 Å². The first kappa shape index (κ1) is 21.5. The fourth-order valence-electron chi connectivity index (χ4n) is 6.44. The number of rotatable bonds is 6. The van der Waals surface area contributed by atoms with Crippen LogP contribution in [-0.2, 0) is 19.0 Å².